The Bertz CT molecular complexity index is 687. The van der Waals surface area contributed by atoms with Gasteiger partial charge in [0.1, 0.15) is 26.2 Å². The van der Waals surface area contributed by atoms with E-state index in [0.717, 1.165) is 0 Å². The molecule has 0 radical (unpaired) electrons. The van der Waals surface area contributed by atoms with Crippen molar-refractivity contribution >= 4 is 21.8 Å². The van der Waals surface area contributed by atoms with E-state index >= 15 is 0 Å². The summed E-state index contributed by atoms with van der Waals surface area (Å²) in [5, 5.41) is -4.38. The molecule has 0 aromatic carbocycles. The van der Waals surface area contributed by atoms with Crippen LogP contribution in [0.25, 0.3) is 0 Å². The van der Waals surface area contributed by atoms with Crippen LogP contribution in [0.3, 0.4) is 0 Å². The molecule has 0 aromatic heterocycles. The number of amidine groups is 2. The predicted molar refractivity (Wildman–Crippen MR) is 86.2 cm³/mol. The van der Waals surface area contributed by atoms with Crippen molar-refractivity contribution in [2.75, 3.05) is 54.4 Å². The fourth-order valence-electron chi connectivity index (χ4n) is 4.10. The van der Waals surface area contributed by atoms with Gasteiger partial charge in [-0.2, -0.15) is 17.2 Å². The van der Waals surface area contributed by atoms with Crippen molar-refractivity contribution in [2.24, 2.45) is 5.41 Å². The van der Waals surface area contributed by atoms with Gasteiger partial charge < -0.3 is 0 Å². The standard InChI is InChI=1S/C14H25F3N4O3S/c1-13(11-18(2)6-7-19(11)3,12-20(4)8-9-21(12)5)10-14(15,16)25(22,23)24-17/h6-10H2,1-5H3/q+2. The Labute approximate surface area is 146 Å². The van der Waals surface area contributed by atoms with E-state index in [1.54, 1.807) is 35.1 Å². The minimum atomic E-state index is -5.66. The summed E-state index contributed by atoms with van der Waals surface area (Å²) < 4.78 is 70.3. The summed E-state index contributed by atoms with van der Waals surface area (Å²) in [7, 11) is 1.41. The zero-order valence-corrected chi connectivity index (χ0v) is 15.9. The second-order valence-electron chi connectivity index (χ2n) is 7.00. The summed E-state index contributed by atoms with van der Waals surface area (Å²) >= 11 is 0. The Morgan fingerprint density at radius 3 is 1.76 bits per heavy atom. The van der Waals surface area contributed by atoms with Crippen molar-refractivity contribution < 1.29 is 35.3 Å². The fourth-order valence-corrected chi connectivity index (χ4v) is 4.65. The lowest BCUT2D eigenvalue weighted by molar-refractivity contribution is -0.497. The van der Waals surface area contributed by atoms with Gasteiger partial charge in [-0.05, 0) is 11.4 Å². The maximum atomic E-state index is 14.5. The largest absolute Gasteiger partial charge is 0.374 e. The van der Waals surface area contributed by atoms with Crippen LogP contribution >= 0.6 is 0 Å². The molecule has 0 unspecified atom stereocenters. The molecule has 2 rings (SSSR count). The average Bonchev–Trinajstić information content (AvgIpc) is 3.01. The van der Waals surface area contributed by atoms with Crippen molar-refractivity contribution in [3.63, 3.8) is 0 Å². The number of alkyl halides is 2. The molecule has 2 aliphatic rings. The van der Waals surface area contributed by atoms with Crippen LogP contribution in [0.2, 0.25) is 0 Å². The van der Waals surface area contributed by atoms with E-state index < -0.39 is 27.2 Å². The molecule has 11 heteroatoms. The third-order valence-corrected chi connectivity index (χ3v) is 6.02. The maximum Gasteiger partial charge on any atom is 0.374 e. The number of hydrogen-bond acceptors (Lipinski definition) is 5. The number of nitrogens with zero attached hydrogens (tertiary/aromatic N) is 4. The molecule has 0 atom stereocenters. The Morgan fingerprint density at radius 2 is 1.48 bits per heavy atom. The first-order valence-electron chi connectivity index (χ1n) is 7.89. The van der Waals surface area contributed by atoms with Crippen LogP contribution in [0.1, 0.15) is 13.3 Å². The highest BCUT2D eigenvalue weighted by atomic mass is 32.2. The molecular formula is C14H25F3N4O3S+2. The molecule has 0 fully saturated rings. The van der Waals surface area contributed by atoms with E-state index in [4.69, 9.17) is 0 Å². The van der Waals surface area contributed by atoms with Crippen molar-refractivity contribution in [3.05, 3.63) is 0 Å². The smallest absolute Gasteiger partial charge is 0.263 e. The van der Waals surface area contributed by atoms with E-state index in [-0.39, 0.29) is 0 Å². The van der Waals surface area contributed by atoms with Gasteiger partial charge in [0.2, 0.25) is 0 Å². The van der Waals surface area contributed by atoms with Crippen molar-refractivity contribution in [2.45, 2.75) is 18.6 Å². The SMILES string of the molecule is CN1CC[N+](C)=C1C(C)(CC(F)(F)S(=O)(=O)OF)C1=[N+](C)CCN1C. The summed E-state index contributed by atoms with van der Waals surface area (Å²) in [5.74, 6) is 1.13. The lowest BCUT2D eigenvalue weighted by atomic mass is 9.82. The first kappa shape index (κ1) is 20.0. The van der Waals surface area contributed by atoms with E-state index in [9.17, 15) is 21.7 Å². The first-order valence-corrected chi connectivity index (χ1v) is 9.30. The molecule has 0 amide bonds. The molecule has 2 heterocycles. The van der Waals surface area contributed by atoms with Crippen molar-refractivity contribution in [1.82, 2.24) is 9.80 Å². The van der Waals surface area contributed by atoms with Crippen molar-refractivity contribution in [3.8, 4) is 0 Å². The lowest BCUT2D eigenvalue weighted by Gasteiger charge is -2.31. The predicted octanol–water partition coefficient (Wildman–Crippen LogP) is 0.179. The molecule has 0 aliphatic carbocycles. The minimum Gasteiger partial charge on any atom is -0.263 e. The van der Waals surface area contributed by atoms with Gasteiger partial charge in [-0.3, -0.25) is 19.0 Å². The van der Waals surface area contributed by atoms with E-state index in [0.29, 0.717) is 37.9 Å². The molecule has 7 nitrogen and oxygen atoms in total. The number of rotatable bonds is 6. The Hall–Kier alpha value is -1.36. The summed E-state index contributed by atoms with van der Waals surface area (Å²) in [6.45, 7) is 4.07. The van der Waals surface area contributed by atoms with E-state index in [2.05, 4.69) is 4.39 Å². The summed E-state index contributed by atoms with van der Waals surface area (Å²) in [5.41, 5.74) is -1.35. The van der Waals surface area contributed by atoms with Gasteiger partial charge in [0, 0.05) is 0 Å². The highest BCUT2D eigenvalue weighted by Gasteiger charge is 2.62. The molecule has 0 N–H and O–H groups in total. The Balaban J connectivity index is 2.63. The van der Waals surface area contributed by atoms with Gasteiger partial charge in [0.15, 0.2) is 5.41 Å². The van der Waals surface area contributed by atoms with Crippen LogP contribution in [0, 0.1) is 5.41 Å². The monoisotopic (exact) mass is 386 g/mol. The highest BCUT2D eigenvalue weighted by molar-refractivity contribution is 7.87. The van der Waals surface area contributed by atoms with Crippen LogP contribution in [-0.4, -0.2) is 98.7 Å². The molecule has 144 valence electrons. The minimum absolute atomic E-state index is 0.567. The summed E-state index contributed by atoms with van der Waals surface area (Å²) in [6, 6.07) is 0. The maximum absolute atomic E-state index is 14.5. The van der Waals surface area contributed by atoms with E-state index in [1.165, 1.54) is 0 Å². The van der Waals surface area contributed by atoms with Crippen LogP contribution in [0.15, 0.2) is 0 Å². The second kappa shape index (κ2) is 6.42. The van der Waals surface area contributed by atoms with Gasteiger partial charge in [-0.15, -0.1) is 0 Å². The zero-order chi connectivity index (χ0) is 19.2. The van der Waals surface area contributed by atoms with Gasteiger partial charge in [-0.1, -0.05) is 4.39 Å². The van der Waals surface area contributed by atoms with E-state index in [1.807, 2.05) is 19.0 Å². The van der Waals surface area contributed by atoms with Crippen LogP contribution in [-0.2, 0) is 14.5 Å². The molecule has 0 saturated carbocycles. The van der Waals surface area contributed by atoms with Crippen molar-refractivity contribution in [1.29, 1.82) is 0 Å². The topological polar surface area (TPSA) is 55.9 Å². The number of hydrogen-bond donors (Lipinski definition) is 0. The lowest BCUT2D eigenvalue weighted by Crippen LogP contribution is -2.54. The fraction of sp³-hybridized carbons (Fsp3) is 0.857. The second-order valence-corrected chi connectivity index (χ2v) is 8.63. The first-order chi connectivity index (χ1) is 11.4. The van der Waals surface area contributed by atoms with Crippen LogP contribution in [0.4, 0.5) is 13.3 Å². The highest BCUT2D eigenvalue weighted by Crippen LogP contribution is 2.41. The van der Waals surface area contributed by atoms with Gasteiger partial charge in [0.25, 0.3) is 11.7 Å². The Kier molecular flexibility index (Phi) is 5.12. The van der Waals surface area contributed by atoms with Gasteiger partial charge >= 0.3 is 15.4 Å². The normalized spacial score (nSPS) is 20.3. The molecule has 0 aromatic rings. The average molecular weight is 386 g/mol. The molecule has 0 bridgehead atoms. The molecule has 2 aliphatic heterocycles. The molecule has 0 saturated heterocycles. The van der Waals surface area contributed by atoms with Crippen LogP contribution < -0.4 is 0 Å². The molecule has 0 spiro atoms. The Morgan fingerprint density at radius 1 is 1.08 bits per heavy atom. The third-order valence-electron chi connectivity index (χ3n) is 4.98. The number of halogens is 3. The summed E-state index contributed by atoms with van der Waals surface area (Å²) in [6.07, 6.45) is -1.12. The number of likely N-dealkylation sites (N-methyl/N-ethyl adjacent to an activating group) is 4. The molecular weight excluding hydrogens is 361 g/mol. The zero-order valence-electron chi connectivity index (χ0n) is 15.1. The van der Waals surface area contributed by atoms with Crippen LogP contribution in [0.5, 0.6) is 0 Å². The quantitative estimate of drug-likeness (QED) is 0.610. The third kappa shape index (κ3) is 3.23. The molecule has 25 heavy (non-hydrogen) atoms. The van der Waals surface area contributed by atoms with Gasteiger partial charge in [0.05, 0.1) is 34.6 Å². The van der Waals surface area contributed by atoms with Gasteiger partial charge in [-0.25, -0.2) is 0 Å². The summed E-state index contributed by atoms with van der Waals surface area (Å²) in [4.78, 5) is 3.65.